The van der Waals surface area contributed by atoms with Crippen molar-refractivity contribution in [2.75, 3.05) is 6.61 Å². The van der Waals surface area contributed by atoms with Crippen LogP contribution in [0.5, 0.6) is 0 Å². The molecule has 1 aromatic rings. The van der Waals surface area contributed by atoms with E-state index in [0.717, 1.165) is 0 Å². The number of hydrogen-bond donors (Lipinski definition) is 1. The molecule has 1 rings (SSSR count). The summed E-state index contributed by atoms with van der Waals surface area (Å²) in [7, 11) is 1.76. The summed E-state index contributed by atoms with van der Waals surface area (Å²) in [6.07, 6.45) is 2.97. The Kier molecular flexibility index (Phi) is 3.57. The van der Waals surface area contributed by atoms with Gasteiger partial charge in [0, 0.05) is 26.3 Å². The molecule has 5 nitrogen and oxygen atoms in total. The summed E-state index contributed by atoms with van der Waals surface area (Å²) in [5.41, 5.74) is 0.686. The van der Waals surface area contributed by atoms with Crippen LogP contribution >= 0.6 is 0 Å². The zero-order chi connectivity index (χ0) is 9.68. The molecule has 0 saturated carbocycles. The third-order valence-corrected chi connectivity index (χ3v) is 1.64. The standard InChI is InChI=1S/C8H13N3O2/c1-11-6-7(9-10-11)5-8(13)3-2-4-12/h6,12H,2-5H2,1H3. The van der Waals surface area contributed by atoms with Crippen LogP contribution in [-0.4, -0.2) is 32.5 Å². The van der Waals surface area contributed by atoms with Crippen molar-refractivity contribution < 1.29 is 9.90 Å². The minimum absolute atomic E-state index is 0.0617. The Balaban J connectivity index is 2.36. The first-order valence-corrected chi connectivity index (χ1v) is 4.20. The van der Waals surface area contributed by atoms with Crippen molar-refractivity contribution in [3.05, 3.63) is 11.9 Å². The highest BCUT2D eigenvalue weighted by Gasteiger charge is 2.05. The molecule has 0 spiro atoms. The van der Waals surface area contributed by atoms with E-state index >= 15 is 0 Å². The van der Waals surface area contributed by atoms with Gasteiger partial charge < -0.3 is 5.11 Å². The number of aliphatic hydroxyl groups is 1. The average molecular weight is 183 g/mol. The zero-order valence-corrected chi connectivity index (χ0v) is 7.60. The van der Waals surface area contributed by atoms with Gasteiger partial charge in [-0.3, -0.25) is 9.48 Å². The van der Waals surface area contributed by atoms with E-state index in [1.807, 2.05) is 0 Å². The maximum atomic E-state index is 11.2. The van der Waals surface area contributed by atoms with Crippen LogP contribution in [0, 0.1) is 0 Å². The Labute approximate surface area is 76.4 Å². The predicted octanol–water partition coefficient (Wildman–Crippen LogP) is -0.301. The fourth-order valence-electron chi connectivity index (χ4n) is 1.04. The van der Waals surface area contributed by atoms with Crippen LogP contribution in [0.2, 0.25) is 0 Å². The molecular weight excluding hydrogens is 170 g/mol. The van der Waals surface area contributed by atoms with Gasteiger partial charge in [0.05, 0.1) is 12.1 Å². The number of hydrogen-bond acceptors (Lipinski definition) is 4. The van der Waals surface area contributed by atoms with E-state index in [9.17, 15) is 4.79 Å². The third-order valence-electron chi connectivity index (χ3n) is 1.64. The summed E-state index contributed by atoms with van der Waals surface area (Å²) in [4.78, 5) is 11.2. The van der Waals surface area contributed by atoms with Crippen molar-refractivity contribution in [2.45, 2.75) is 19.3 Å². The molecule has 0 aliphatic carbocycles. The largest absolute Gasteiger partial charge is 0.396 e. The Morgan fingerprint density at radius 2 is 2.46 bits per heavy atom. The van der Waals surface area contributed by atoms with Crippen molar-refractivity contribution in [1.82, 2.24) is 15.0 Å². The predicted molar refractivity (Wildman–Crippen MR) is 46.0 cm³/mol. The molecule has 0 unspecified atom stereocenters. The maximum Gasteiger partial charge on any atom is 0.139 e. The SMILES string of the molecule is Cn1cc(CC(=O)CCCO)nn1. The lowest BCUT2D eigenvalue weighted by Crippen LogP contribution is -2.03. The number of aryl methyl sites for hydroxylation is 1. The number of carbonyl (C=O) groups excluding carboxylic acids is 1. The van der Waals surface area contributed by atoms with Crippen LogP contribution in [-0.2, 0) is 18.3 Å². The van der Waals surface area contributed by atoms with E-state index in [2.05, 4.69) is 10.3 Å². The molecule has 1 N–H and O–H groups in total. The molecule has 13 heavy (non-hydrogen) atoms. The highest BCUT2D eigenvalue weighted by Crippen LogP contribution is 1.98. The quantitative estimate of drug-likeness (QED) is 0.680. The first-order chi connectivity index (χ1) is 6.22. The topological polar surface area (TPSA) is 68.0 Å². The second kappa shape index (κ2) is 4.71. The third kappa shape index (κ3) is 3.33. The summed E-state index contributed by atoms with van der Waals surface area (Å²) in [6.45, 7) is 0.0617. The van der Waals surface area contributed by atoms with Gasteiger partial charge in [-0.2, -0.15) is 0 Å². The Hall–Kier alpha value is -1.23. The minimum atomic E-state index is 0.0617. The number of aliphatic hydroxyl groups excluding tert-OH is 1. The van der Waals surface area contributed by atoms with E-state index in [0.29, 0.717) is 25.0 Å². The molecule has 0 radical (unpaired) electrons. The normalized spacial score (nSPS) is 10.3. The van der Waals surface area contributed by atoms with E-state index < -0.39 is 0 Å². The van der Waals surface area contributed by atoms with Crippen LogP contribution < -0.4 is 0 Å². The molecule has 0 aromatic carbocycles. The summed E-state index contributed by atoms with van der Waals surface area (Å²) >= 11 is 0. The summed E-state index contributed by atoms with van der Waals surface area (Å²) in [6, 6.07) is 0. The Bertz CT molecular complexity index is 283. The molecule has 0 fully saturated rings. The molecule has 1 heterocycles. The zero-order valence-electron chi connectivity index (χ0n) is 7.60. The number of carbonyl (C=O) groups is 1. The Morgan fingerprint density at radius 3 is 3.00 bits per heavy atom. The van der Waals surface area contributed by atoms with E-state index in [1.54, 1.807) is 17.9 Å². The van der Waals surface area contributed by atoms with E-state index in [4.69, 9.17) is 5.11 Å². The van der Waals surface area contributed by atoms with E-state index in [1.165, 1.54) is 0 Å². The summed E-state index contributed by atoms with van der Waals surface area (Å²) in [5, 5.41) is 16.0. The van der Waals surface area contributed by atoms with Crippen molar-refractivity contribution in [3.8, 4) is 0 Å². The van der Waals surface area contributed by atoms with Crippen molar-refractivity contribution in [3.63, 3.8) is 0 Å². The van der Waals surface area contributed by atoms with Gasteiger partial charge in [0.2, 0.25) is 0 Å². The Morgan fingerprint density at radius 1 is 1.69 bits per heavy atom. The number of Topliss-reactive ketones (excluding diaryl/α,β-unsaturated/α-hetero) is 1. The highest BCUT2D eigenvalue weighted by atomic mass is 16.3. The van der Waals surface area contributed by atoms with Gasteiger partial charge in [0.25, 0.3) is 0 Å². The lowest BCUT2D eigenvalue weighted by Gasteiger charge is -1.94. The molecule has 0 atom stereocenters. The first kappa shape index (κ1) is 9.85. The number of ketones is 1. The van der Waals surface area contributed by atoms with Crippen molar-refractivity contribution in [1.29, 1.82) is 0 Å². The lowest BCUT2D eigenvalue weighted by molar-refractivity contribution is -0.118. The van der Waals surface area contributed by atoms with Crippen LogP contribution in [0.1, 0.15) is 18.5 Å². The maximum absolute atomic E-state index is 11.2. The van der Waals surface area contributed by atoms with Gasteiger partial charge in [-0.25, -0.2) is 0 Å². The molecule has 1 aromatic heterocycles. The van der Waals surface area contributed by atoms with Gasteiger partial charge >= 0.3 is 0 Å². The molecule has 72 valence electrons. The summed E-state index contributed by atoms with van der Waals surface area (Å²) in [5.74, 6) is 0.0922. The van der Waals surface area contributed by atoms with Crippen molar-refractivity contribution >= 4 is 5.78 Å². The van der Waals surface area contributed by atoms with Crippen LogP contribution in [0.15, 0.2) is 6.20 Å². The molecular formula is C8H13N3O2. The van der Waals surface area contributed by atoms with Crippen LogP contribution in [0.25, 0.3) is 0 Å². The number of aromatic nitrogens is 3. The van der Waals surface area contributed by atoms with Crippen LogP contribution in [0.3, 0.4) is 0 Å². The molecule has 0 aliphatic heterocycles. The highest BCUT2D eigenvalue weighted by molar-refractivity contribution is 5.80. The van der Waals surface area contributed by atoms with Crippen LogP contribution in [0.4, 0.5) is 0 Å². The van der Waals surface area contributed by atoms with Gasteiger partial charge in [-0.05, 0) is 6.42 Å². The monoisotopic (exact) mass is 183 g/mol. The summed E-state index contributed by atoms with van der Waals surface area (Å²) < 4.78 is 1.56. The average Bonchev–Trinajstić information content (AvgIpc) is 2.48. The second-order valence-corrected chi connectivity index (χ2v) is 2.93. The minimum Gasteiger partial charge on any atom is -0.396 e. The smallest absolute Gasteiger partial charge is 0.139 e. The fourth-order valence-corrected chi connectivity index (χ4v) is 1.04. The second-order valence-electron chi connectivity index (χ2n) is 2.93. The van der Waals surface area contributed by atoms with Gasteiger partial charge in [-0.15, -0.1) is 5.10 Å². The van der Waals surface area contributed by atoms with E-state index in [-0.39, 0.29) is 12.4 Å². The molecule has 0 aliphatic rings. The first-order valence-electron chi connectivity index (χ1n) is 4.20. The molecule has 0 amide bonds. The molecule has 0 bridgehead atoms. The lowest BCUT2D eigenvalue weighted by atomic mass is 10.1. The number of nitrogens with zero attached hydrogens (tertiary/aromatic N) is 3. The van der Waals surface area contributed by atoms with Gasteiger partial charge in [0.15, 0.2) is 0 Å². The van der Waals surface area contributed by atoms with Gasteiger partial charge in [0.1, 0.15) is 5.78 Å². The van der Waals surface area contributed by atoms with Crippen molar-refractivity contribution in [2.24, 2.45) is 7.05 Å². The van der Waals surface area contributed by atoms with Gasteiger partial charge in [-0.1, -0.05) is 5.21 Å². The number of rotatable bonds is 5. The molecule has 5 heteroatoms. The fraction of sp³-hybridized carbons (Fsp3) is 0.625. The molecule has 0 saturated heterocycles.